The molecule has 0 saturated carbocycles. The molecular formula is C11H15ClFNO. The van der Waals surface area contributed by atoms with Gasteiger partial charge in [0, 0.05) is 0 Å². The van der Waals surface area contributed by atoms with Crippen molar-refractivity contribution in [3.05, 3.63) is 33.6 Å². The zero-order chi connectivity index (χ0) is 11.6. The van der Waals surface area contributed by atoms with Crippen LogP contribution in [0, 0.1) is 19.7 Å². The minimum absolute atomic E-state index is 0.121. The van der Waals surface area contributed by atoms with Gasteiger partial charge < -0.3 is 10.8 Å². The molecule has 2 nitrogen and oxygen atoms in total. The van der Waals surface area contributed by atoms with Crippen LogP contribution in [-0.2, 0) is 0 Å². The molecule has 0 bridgehead atoms. The number of aliphatic hydroxyl groups is 1. The third kappa shape index (κ3) is 2.48. The zero-order valence-corrected chi connectivity index (χ0v) is 9.61. The van der Waals surface area contributed by atoms with Crippen LogP contribution in [-0.4, -0.2) is 11.7 Å². The molecule has 0 heterocycles. The molecule has 1 aromatic carbocycles. The summed E-state index contributed by atoms with van der Waals surface area (Å²) in [5, 5.41) is 9.87. The topological polar surface area (TPSA) is 46.2 Å². The maximum absolute atomic E-state index is 13.6. The van der Waals surface area contributed by atoms with E-state index in [9.17, 15) is 9.50 Å². The minimum atomic E-state index is -0.722. The van der Waals surface area contributed by atoms with E-state index in [4.69, 9.17) is 17.3 Å². The highest BCUT2D eigenvalue weighted by Gasteiger charge is 2.16. The van der Waals surface area contributed by atoms with E-state index in [1.165, 1.54) is 0 Å². The molecule has 0 fully saturated rings. The van der Waals surface area contributed by atoms with E-state index in [-0.39, 0.29) is 5.02 Å². The Hall–Kier alpha value is -0.640. The number of rotatable bonds is 3. The average molecular weight is 232 g/mol. The molecular weight excluding hydrogens is 217 g/mol. The summed E-state index contributed by atoms with van der Waals surface area (Å²) in [6.07, 6.45) is -0.304. The maximum atomic E-state index is 13.6. The van der Waals surface area contributed by atoms with Crippen LogP contribution in [0.1, 0.15) is 29.2 Å². The summed E-state index contributed by atoms with van der Waals surface area (Å²) in [6.45, 7) is 3.68. The van der Waals surface area contributed by atoms with Crippen LogP contribution >= 0.6 is 11.6 Å². The van der Waals surface area contributed by atoms with Crippen LogP contribution in [0.4, 0.5) is 4.39 Å². The molecule has 4 heteroatoms. The van der Waals surface area contributed by atoms with Gasteiger partial charge in [-0.15, -0.1) is 0 Å². The largest absolute Gasteiger partial charge is 0.388 e. The third-order valence-corrected chi connectivity index (χ3v) is 2.94. The number of halogens is 2. The highest BCUT2D eigenvalue weighted by Crippen LogP contribution is 2.29. The molecule has 0 radical (unpaired) electrons. The van der Waals surface area contributed by atoms with Crippen LogP contribution in [0.25, 0.3) is 0 Å². The van der Waals surface area contributed by atoms with Crippen molar-refractivity contribution in [1.29, 1.82) is 0 Å². The second-order valence-corrected chi connectivity index (χ2v) is 4.01. The molecule has 1 aromatic rings. The zero-order valence-electron chi connectivity index (χ0n) is 8.85. The lowest BCUT2D eigenvalue weighted by molar-refractivity contribution is 0.169. The molecule has 0 saturated heterocycles. The first-order chi connectivity index (χ1) is 6.99. The quantitative estimate of drug-likeness (QED) is 0.840. The highest BCUT2D eigenvalue weighted by atomic mass is 35.5. The number of aryl methyl sites for hydroxylation is 1. The van der Waals surface area contributed by atoms with Gasteiger partial charge in [-0.2, -0.15) is 0 Å². The van der Waals surface area contributed by atoms with Crippen LogP contribution in [0.3, 0.4) is 0 Å². The second-order valence-electron chi connectivity index (χ2n) is 3.63. The predicted molar refractivity (Wildman–Crippen MR) is 59.5 cm³/mol. The molecule has 0 aliphatic heterocycles. The fraction of sp³-hybridized carbons (Fsp3) is 0.455. The summed E-state index contributed by atoms with van der Waals surface area (Å²) >= 11 is 5.76. The molecule has 1 atom stereocenters. The van der Waals surface area contributed by atoms with Gasteiger partial charge in [-0.3, -0.25) is 0 Å². The van der Waals surface area contributed by atoms with Gasteiger partial charge in [0.1, 0.15) is 5.82 Å². The van der Waals surface area contributed by atoms with E-state index in [0.717, 1.165) is 0 Å². The van der Waals surface area contributed by atoms with Crippen molar-refractivity contribution < 1.29 is 9.50 Å². The fourth-order valence-electron chi connectivity index (χ4n) is 1.53. The second kappa shape index (κ2) is 4.92. The van der Waals surface area contributed by atoms with E-state index in [0.29, 0.717) is 29.7 Å². The summed E-state index contributed by atoms with van der Waals surface area (Å²) in [7, 11) is 0. The van der Waals surface area contributed by atoms with Crippen molar-refractivity contribution in [3.63, 3.8) is 0 Å². The molecule has 1 rings (SSSR count). The highest BCUT2D eigenvalue weighted by molar-refractivity contribution is 6.31. The minimum Gasteiger partial charge on any atom is -0.388 e. The molecule has 0 spiro atoms. The Morgan fingerprint density at radius 2 is 2.13 bits per heavy atom. The predicted octanol–water partition coefficient (Wildman–Crippen LogP) is 2.48. The lowest BCUT2D eigenvalue weighted by atomic mass is 9.98. The first kappa shape index (κ1) is 12.4. The summed E-state index contributed by atoms with van der Waals surface area (Å²) in [5.41, 5.74) is 6.94. The standard InChI is InChI=1S/C11H15ClFNO/c1-6-5-8(9(15)3-4-14)7(2)11(13)10(6)12/h5,9,15H,3-4,14H2,1-2H3. The lowest BCUT2D eigenvalue weighted by Gasteiger charge is -2.15. The molecule has 3 N–H and O–H groups in total. The van der Waals surface area contributed by atoms with Gasteiger partial charge >= 0.3 is 0 Å². The maximum Gasteiger partial charge on any atom is 0.145 e. The molecule has 0 aliphatic rings. The van der Waals surface area contributed by atoms with E-state index >= 15 is 0 Å². The van der Waals surface area contributed by atoms with Crippen LogP contribution in [0.5, 0.6) is 0 Å². The van der Waals surface area contributed by atoms with Gasteiger partial charge in [0.15, 0.2) is 0 Å². The average Bonchev–Trinajstić information content (AvgIpc) is 2.20. The lowest BCUT2D eigenvalue weighted by Crippen LogP contribution is -2.09. The monoisotopic (exact) mass is 231 g/mol. The number of nitrogens with two attached hydrogens (primary N) is 1. The first-order valence-corrected chi connectivity index (χ1v) is 5.20. The Kier molecular flexibility index (Phi) is 4.08. The molecule has 15 heavy (non-hydrogen) atoms. The van der Waals surface area contributed by atoms with Gasteiger partial charge in [-0.25, -0.2) is 4.39 Å². The molecule has 1 unspecified atom stereocenters. The van der Waals surface area contributed by atoms with E-state index in [1.807, 2.05) is 0 Å². The number of hydrogen-bond acceptors (Lipinski definition) is 2. The van der Waals surface area contributed by atoms with Gasteiger partial charge in [0.25, 0.3) is 0 Å². The Bertz CT molecular complexity index is 368. The van der Waals surface area contributed by atoms with Gasteiger partial charge in [-0.05, 0) is 43.5 Å². The fourth-order valence-corrected chi connectivity index (χ4v) is 1.73. The van der Waals surface area contributed by atoms with Gasteiger partial charge in [0.05, 0.1) is 11.1 Å². The number of hydrogen-bond donors (Lipinski definition) is 2. The summed E-state index contributed by atoms with van der Waals surface area (Å²) in [6, 6.07) is 1.71. The molecule has 0 amide bonds. The van der Waals surface area contributed by atoms with Crippen LogP contribution in [0.2, 0.25) is 5.02 Å². The smallest absolute Gasteiger partial charge is 0.145 e. The van der Waals surface area contributed by atoms with Gasteiger partial charge in [-0.1, -0.05) is 17.7 Å². The molecule has 84 valence electrons. The van der Waals surface area contributed by atoms with Crippen molar-refractivity contribution in [3.8, 4) is 0 Å². The first-order valence-electron chi connectivity index (χ1n) is 4.82. The summed E-state index contributed by atoms with van der Waals surface area (Å²) < 4.78 is 13.6. The SMILES string of the molecule is Cc1cc(C(O)CCN)c(C)c(F)c1Cl. The summed E-state index contributed by atoms with van der Waals surface area (Å²) in [5.74, 6) is -0.456. The molecule has 0 aliphatic carbocycles. The Morgan fingerprint density at radius 1 is 1.53 bits per heavy atom. The van der Waals surface area contributed by atoms with Crippen LogP contribution in [0.15, 0.2) is 6.07 Å². The Labute approximate surface area is 93.9 Å². The van der Waals surface area contributed by atoms with Crippen molar-refractivity contribution in [2.45, 2.75) is 26.4 Å². The van der Waals surface area contributed by atoms with Crippen molar-refractivity contribution in [2.75, 3.05) is 6.54 Å². The molecule has 0 aromatic heterocycles. The van der Waals surface area contributed by atoms with E-state index in [2.05, 4.69) is 0 Å². The summed E-state index contributed by atoms with van der Waals surface area (Å²) in [4.78, 5) is 0. The number of benzene rings is 1. The van der Waals surface area contributed by atoms with E-state index < -0.39 is 11.9 Å². The van der Waals surface area contributed by atoms with Crippen molar-refractivity contribution in [1.82, 2.24) is 0 Å². The van der Waals surface area contributed by atoms with Gasteiger partial charge in [0.2, 0.25) is 0 Å². The van der Waals surface area contributed by atoms with Crippen molar-refractivity contribution >= 4 is 11.6 Å². The van der Waals surface area contributed by atoms with E-state index in [1.54, 1.807) is 19.9 Å². The third-order valence-electron chi connectivity index (χ3n) is 2.47. The van der Waals surface area contributed by atoms with Crippen LogP contribution < -0.4 is 5.73 Å². The Balaban J connectivity index is 3.19. The number of aliphatic hydroxyl groups excluding tert-OH is 1. The normalized spacial score (nSPS) is 12.9. The van der Waals surface area contributed by atoms with Crippen molar-refractivity contribution in [2.24, 2.45) is 5.73 Å². The Morgan fingerprint density at radius 3 is 2.67 bits per heavy atom.